The van der Waals surface area contributed by atoms with Crippen LogP contribution < -0.4 is 10.6 Å². The van der Waals surface area contributed by atoms with E-state index >= 15 is 0 Å². The summed E-state index contributed by atoms with van der Waals surface area (Å²) in [4.78, 5) is 28.2. The minimum absolute atomic E-state index is 0.516. The average molecular weight is 343 g/mol. The molecular weight excluding hydrogens is 322 g/mol. The molecule has 0 unspecified atom stereocenters. The van der Waals surface area contributed by atoms with E-state index in [0.717, 1.165) is 29.1 Å². The molecule has 0 aliphatic heterocycles. The van der Waals surface area contributed by atoms with Gasteiger partial charge in [-0.2, -0.15) is 0 Å². The molecular formula is C18H21N3O2S. The Kier molecular flexibility index (Phi) is 5.25. The summed E-state index contributed by atoms with van der Waals surface area (Å²) >= 11 is 1.58. The van der Waals surface area contributed by atoms with Crippen LogP contribution in [0.4, 0.5) is 5.69 Å². The van der Waals surface area contributed by atoms with Gasteiger partial charge in [-0.05, 0) is 49.9 Å². The Labute approximate surface area is 145 Å². The summed E-state index contributed by atoms with van der Waals surface area (Å²) in [6.07, 6.45) is 4.72. The van der Waals surface area contributed by atoms with Gasteiger partial charge in [0.05, 0.1) is 0 Å². The number of anilines is 1. The average Bonchev–Trinajstić information content (AvgIpc) is 3.25. The summed E-state index contributed by atoms with van der Waals surface area (Å²) in [6, 6.07) is 7.36. The summed E-state index contributed by atoms with van der Waals surface area (Å²) in [5, 5.41) is 8.30. The van der Waals surface area contributed by atoms with E-state index in [2.05, 4.69) is 15.6 Å². The molecule has 126 valence electrons. The summed E-state index contributed by atoms with van der Waals surface area (Å²) in [6.45, 7) is 2.55. The quantitative estimate of drug-likeness (QED) is 0.836. The molecule has 2 aromatic rings. The molecule has 6 heteroatoms. The van der Waals surface area contributed by atoms with Gasteiger partial charge in [-0.1, -0.05) is 12.8 Å². The predicted molar refractivity (Wildman–Crippen MR) is 95.9 cm³/mol. The van der Waals surface area contributed by atoms with Gasteiger partial charge in [0, 0.05) is 28.9 Å². The van der Waals surface area contributed by atoms with Crippen molar-refractivity contribution in [2.24, 2.45) is 5.92 Å². The van der Waals surface area contributed by atoms with E-state index < -0.39 is 11.8 Å². The Morgan fingerprint density at radius 3 is 2.50 bits per heavy atom. The van der Waals surface area contributed by atoms with E-state index in [9.17, 15) is 9.59 Å². The first-order chi connectivity index (χ1) is 11.6. The Morgan fingerprint density at radius 2 is 1.88 bits per heavy atom. The van der Waals surface area contributed by atoms with Crippen molar-refractivity contribution in [2.45, 2.75) is 32.6 Å². The predicted octanol–water partition coefficient (Wildman–Crippen LogP) is 3.36. The van der Waals surface area contributed by atoms with E-state index in [4.69, 9.17) is 0 Å². The molecule has 5 nitrogen and oxygen atoms in total. The lowest BCUT2D eigenvalue weighted by atomic mass is 10.1. The van der Waals surface area contributed by atoms with Crippen molar-refractivity contribution in [3.8, 4) is 10.6 Å². The molecule has 0 saturated heterocycles. The second-order valence-electron chi connectivity index (χ2n) is 6.19. The van der Waals surface area contributed by atoms with Crippen LogP contribution in [0.15, 0.2) is 29.6 Å². The molecule has 0 radical (unpaired) electrons. The molecule has 1 aliphatic rings. The number of amides is 2. The third kappa shape index (κ3) is 4.20. The van der Waals surface area contributed by atoms with E-state index in [-0.39, 0.29) is 0 Å². The maximum absolute atomic E-state index is 11.9. The van der Waals surface area contributed by atoms with Gasteiger partial charge < -0.3 is 10.6 Å². The largest absolute Gasteiger partial charge is 0.348 e. The van der Waals surface area contributed by atoms with Gasteiger partial charge in [0.2, 0.25) is 0 Å². The minimum atomic E-state index is -0.620. The highest BCUT2D eigenvalue weighted by Crippen LogP contribution is 2.25. The molecule has 0 spiro atoms. The van der Waals surface area contributed by atoms with Crippen LogP contribution in [-0.4, -0.2) is 23.3 Å². The zero-order valence-electron chi connectivity index (χ0n) is 13.7. The van der Waals surface area contributed by atoms with E-state index in [1.807, 2.05) is 24.4 Å². The maximum atomic E-state index is 11.9. The van der Waals surface area contributed by atoms with Crippen molar-refractivity contribution in [1.29, 1.82) is 0 Å². The number of nitrogens with zero attached hydrogens (tertiary/aromatic N) is 1. The SMILES string of the molecule is Cc1csc(-c2ccc(NC(=O)C(=O)NCC3CCCC3)cc2)n1. The lowest BCUT2D eigenvalue weighted by Crippen LogP contribution is -2.37. The number of nitrogens with one attached hydrogen (secondary N) is 2. The normalized spacial score (nSPS) is 14.5. The Bertz CT molecular complexity index is 718. The first kappa shape index (κ1) is 16.6. The fraction of sp³-hybridized carbons (Fsp3) is 0.389. The minimum Gasteiger partial charge on any atom is -0.348 e. The Morgan fingerprint density at radius 1 is 1.17 bits per heavy atom. The van der Waals surface area contributed by atoms with Gasteiger partial charge in [0.1, 0.15) is 5.01 Å². The van der Waals surface area contributed by atoms with Crippen molar-refractivity contribution in [1.82, 2.24) is 10.3 Å². The molecule has 1 aromatic heterocycles. The zero-order chi connectivity index (χ0) is 16.9. The molecule has 1 saturated carbocycles. The number of carbonyl (C=O) groups excluding carboxylic acids is 2. The first-order valence-corrected chi connectivity index (χ1v) is 9.11. The summed E-state index contributed by atoms with van der Waals surface area (Å²) < 4.78 is 0. The molecule has 1 heterocycles. The monoisotopic (exact) mass is 343 g/mol. The van der Waals surface area contributed by atoms with Crippen LogP contribution in [-0.2, 0) is 9.59 Å². The van der Waals surface area contributed by atoms with Crippen molar-refractivity contribution in [3.05, 3.63) is 35.3 Å². The second-order valence-corrected chi connectivity index (χ2v) is 7.04. The highest BCUT2D eigenvalue weighted by molar-refractivity contribution is 7.13. The summed E-state index contributed by atoms with van der Waals surface area (Å²) in [5.41, 5.74) is 2.59. The van der Waals surface area contributed by atoms with Crippen LogP contribution in [0.3, 0.4) is 0 Å². The Balaban J connectivity index is 1.53. The highest BCUT2D eigenvalue weighted by atomic mass is 32.1. The van der Waals surface area contributed by atoms with Crippen LogP contribution in [0.5, 0.6) is 0 Å². The van der Waals surface area contributed by atoms with Gasteiger partial charge in [0.25, 0.3) is 0 Å². The first-order valence-electron chi connectivity index (χ1n) is 8.23. The molecule has 1 aliphatic carbocycles. The Hall–Kier alpha value is -2.21. The van der Waals surface area contributed by atoms with Crippen LogP contribution in [0.1, 0.15) is 31.4 Å². The van der Waals surface area contributed by atoms with Crippen molar-refractivity contribution in [2.75, 3.05) is 11.9 Å². The van der Waals surface area contributed by atoms with Crippen molar-refractivity contribution in [3.63, 3.8) is 0 Å². The molecule has 2 N–H and O–H groups in total. The number of benzene rings is 1. The number of thiazole rings is 1. The third-order valence-corrected chi connectivity index (χ3v) is 5.25. The molecule has 0 bridgehead atoms. The standard InChI is InChI=1S/C18H21N3O2S/c1-12-11-24-18(20-12)14-6-8-15(9-7-14)21-17(23)16(22)19-10-13-4-2-3-5-13/h6-9,11,13H,2-5,10H2,1H3,(H,19,22)(H,21,23). The lowest BCUT2D eigenvalue weighted by Gasteiger charge is -2.10. The van der Waals surface area contributed by atoms with Gasteiger partial charge in [-0.3, -0.25) is 9.59 Å². The number of hydrogen-bond acceptors (Lipinski definition) is 4. The number of carbonyl (C=O) groups is 2. The second kappa shape index (κ2) is 7.57. The van der Waals surface area contributed by atoms with Gasteiger partial charge in [0.15, 0.2) is 0 Å². The van der Waals surface area contributed by atoms with Gasteiger partial charge in [-0.15, -0.1) is 11.3 Å². The zero-order valence-corrected chi connectivity index (χ0v) is 14.5. The fourth-order valence-corrected chi connectivity index (χ4v) is 3.71. The topological polar surface area (TPSA) is 71.1 Å². The van der Waals surface area contributed by atoms with E-state index in [1.165, 1.54) is 12.8 Å². The molecule has 2 amide bonds. The number of aryl methyl sites for hydroxylation is 1. The summed E-state index contributed by atoms with van der Waals surface area (Å²) in [5.74, 6) is -0.671. The number of aromatic nitrogens is 1. The van der Waals surface area contributed by atoms with Crippen LogP contribution >= 0.6 is 11.3 Å². The highest BCUT2D eigenvalue weighted by Gasteiger charge is 2.18. The molecule has 24 heavy (non-hydrogen) atoms. The van der Waals surface area contributed by atoms with E-state index in [1.54, 1.807) is 23.5 Å². The van der Waals surface area contributed by atoms with Crippen LogP contribution in [0, 0.1) is 12.8 Å². The van der Waals surface area contributed by atoms with Crippen molar-refractivity contribution < 1.29 is 9.59 Å². The van der Waals surface area contributed by atoms with Crippen molar-refractivity contribution >= 4 is 28.8 Å². The third-order valence-electron chi connectivity index (χ3n) is 4.24. The van der Waals surface area contributed by atoms with Gasteiger partial charge >= 0.3 is 11.8 Å². The maximum Gasteiger partial charge on any atom is 0.313 e. The van der Waals surface area contributed by atoms with Gasteiger partial charge in [-0.25, -0.2) is 4.98 Å². The summed E-state index contributed by atoms with van der Waals surface area (Å²) in [7, 11) is 0. The fourth-order valence-electron chi connectivity index (χ4n) is 2.90. The molecule has 1 aromatic carbocycles. The molecule has 0 atom stereocenters. The number of hydrogen-bond donors (Lipinski definition) is 2. The molecule has 1 fully saturated rings. The molecule has 3 rings (SSSR count). The van der Waals surface area contributed by atoms with Crippen LogP contribution in [0.25, 0.3) is 10.6 Å². The number of rotatable bonds is 4. The van der Waals surface area contributed by atoms with Crippen LogP contribution in [0.2, 0.25) is 0 Å². The van der Waals surface area contributed by atoms with E-state index in [0.29, 0.717) is 18.2 Å². The lowest BCUT2D eigenvalue weighted by molar-refractivity contribution is -0.136. The smallest absolute Gasteiger partial charge is 0.313 e.